The smallest absolute Gasteiger partial charge is 0.408 e. The highest BCUT2D eigenvalue weighted by Crippen LogP contribution is 2.15. The Kier molecular flexibility index (Phi) is 6.57. The van der Waals surface area contributed by atoms with Gasteiger partial charge in [-0.15, -0.1) is 0 Å². The Balaban J connectivity index is 2.62. The van der Waals surface area contributed by atoms with E-state index in [0.717, 1.165) is 5.56 Å². The van der Waals surface area contributed by atoms with E-state index in [1.165, 1.54) is 0 Å². The van der Waals surface area contributed by atoms with Gasteiger partial charge in [0.05, 0.1) is 25.2 Å². The summed E-state index contributed by atoms with van der Waals surface area (Å²) in [7, 11) is 0. The van der Waals surface area contributed by atoms with E-state index in [9.17, 15) is 9.59 Å². The second-order valence-electron chi connectivity index (χ2n) is 6.74. The highest BCUT2D eigenvalue weighted by molar-refractivity contribution is 5.72. The number of amides is 1. The molecule has 1 unspecified atom stereocenters. The second kappa shape index (κ2) is 7.97. The van der Waals surface area contributed by atoms with Crippen LogP contribution in [0.2, 0.25) is 0 Å². The number of carbonyl (C=O) groups is 2. The number of alkyl carbamates (subject to hydrolysis) is 1. The number of ether oxygens (including phenoxy) is 2. The van der Waals surface area contributed by atoms with Crippen molar-refractivity contribution in [2.24, 2.45) is 0 Å². The van der Waals surface area contributed by atoms with Crippen molar-refractivity contribution < 1.29 is 24.2 Å². The van der Waals surface area contributed by atoms with Crippen molar-refractivity contribution in [2.75, 3.05) is 6.61 Å². The molecule has 1 aromatic carbocycles. The summed E-state index contributed by atoms with van der Waals surface area (Å²) in [5, 5.41) is 11.7. The van der Waals surface area contributed by atoms with E-state index < -0.39 is 23.2 Å². The largest absolute Gasteiger partial charge is 0.481 e. The first-order valence-corrected chi connectivity index (χ1v) is 7.44. The number of benzene rings is 1. The van der Waals surface area contributed by atoms with Crippen molar-refractivity contribution in [1.29, 1.82) is 0 Å². The van der Waals surface area contributed by atoms with Crippen LogP contribution in [0, 0.1) is 0 Å². The second-order valence-corrected chi connectivity index (χ2v) is 6.74. The van der Waals surface area contributed by atoms with Gasteiger partial charge in [-0.25, -0.2) is 4.79 Å². The monoisotopic (exact) mass is 323 g/mol. The van der Waals surface area contributed by atoms with E-state index in [2.05, 4.69) is 5.32 Å². The van der Waals surface area contributed by atoms with Crippen LogP contribution in [0.4, 0.5) is 4.79 Å². The van der Waals surface area contributed by atoms with E-state index in [-0.39, 0.29) is 13.0 Å². The van der Waals surface area contributed by atoms with Crippen LogP contribution in [0.15, 0.2) is 30.3 Å². The van der Waals surface area contributed by atoms with Gasteiger partial charge in [0, 0.05) is 0 Å². The summed E-state index contributed by atoms with van der Waals surface area (Å²) in [4.78, 5) is 23.0. The zero-order valence-electron chi connectivity index (χ0n) is 14.1. The summed E-state index contributed by atoms with van der Waals surface area (Å²) in [6.07, 6.45) is -0.925. The molecule has 1 rings (SSSR count). The number of carboxylic acids is 1. The number of rotatable bonds is 7. The van der Waals surface area contributed by atoms with Gasteiger partial charge >= 0.3 is 12.1 Å². The van der Waals surface area contributed by atoms with Gasteiger partial charge < -0.3 is 19.9 Å². The maximum atomic E-state index is 11.9. The molecule has 0 aromatic heterocycles. The number of hydrogen-bond donors (Lipinski definition) is 2. The molecule has 6 heteroatoms. The van der Waals surface area contributed by atoms with Crippen LogP contribution in [-0.2, 0) is 20.9 Å². The minimum absolute atomic E-state index is 0.0629. The maximum Gasteiger partial charge on any atom is 0.408 e. The van der Waals surface area contributed by atoms with Crippen LogP contribution in [0.1, 0.15) is 39.7 Å². The van der Waals surface area contributed by atoms with Crippen molar-refractivity contribution in [3.8, 4) is 0 Å². The third-order valence-corrected chi connectivity index (χ3v) is 2.88. The minimum Gasteiger partial charge on any atom is -0.481 e. The average Bonchev–Trinajstić information content (AvgIpc) is 2.36. The number of aliphatic carboxylic acids is 1. The Bertz CT molecular complexity index is 524. The predicted molar refractivity (Wildman–Crippen MR) is 86.1 cm³/mol. The van der Waals surface area contributed by atoms with E-state index in [1.807, 2.05) is 30.3 Å². The summed E-state index contributed by atoms with van der Waals surface area (Å²) in [6, 6.07) is 9.52. The fourth-order valence-corrected chi connectivity index (χ4v) is 1.98. The zero-order chi connectivity index (χ0) is 17.5. The van der Waals surface area contributed by atoms with Gasteiger partial charge in [0.25, 0.3) is 0 Å². The number of nitrogens with one attached hydrogen (secondary N) is 1. The van der Waals surface area contributed by atoms with E-state index in [4.69, 9.17) is 14.6 Å². The Morgan fingerprint density at radius 1 is 1.13 bits per heavy atom. The molecular weight excluding hydrogens is 298 g/mol. The third kappa shape index (κ3) is 8.21. The van der Waals surface area contributed by atoms with Gasteiger partial charge in [0.1, 0.15) is 5.60 Å². The molecule has 0 radical (unpaired) electrons. The Morgan fingerprint density at radius 2 is 1.74 bits per heavy atom. The van der Waals surface area contributed by atoms with E-state index >= 15 is 0 Å². The highest BCUT2D eigenvalue weighted by atomic mass is 16.6. The first-order valence-electron chi connectivity index (χ1n) is 7.44. The molecule has 2 N–H and O–H groups in total. The van der Waals surface area contributed by atoms with Crippen LogP contribution in [-0.4, -0.2) is 34.9 Å². The van der Waals surface area contributed by atoms with Gasteiger partial charge in [-0.2, -0.15) is 0 Å². The zero-order valence-corrected chi connectivity index (χ0v) is 14.1. The van der Waals surface area contributed by atoms with Crippen molar-refractivity contribution in [1.82, 2.24) is 5.32 Å². The Labute approximate surface area is 136 Å². The lowest BCUT2D eigenvalue weighted by atomic mass is 9.99. The topological polar surface area (TPSA) is 84.9 Å². The molecule has 0 saturated heterocycles. The maximum absolute atomic E-state index is 11.9. The van der Waals surface area contributed by atoms with Crippen LogP contribution < -0.4 is 5.32 Å². The quantitative estimate of drug-likeness (QED) is 0.806. The van der Waals surface area contributed by atoms with Crippen molar-refractivity contribution >= 4 is 12.1 Å². The fraction of sp³-hybridized carbons (Fsp3) is 0.529. The molecule has 0 bridgehead atoms. The number of hydrogen-bond acceptors (Lipinski definition) is 4. The van der Waals surface area contributed by atoms with E-state index in [1.54, 1.807) is 27.7 Å². The Morgan fingerprint density at radius 3 is 2.26 bits per heavy atom. The molecule has 6 nitrogen and oxygen atoms in total. The summed E-state index contributed by atoms with van der Waals surface area (Å²) in [6.45, 7) is 7.25. The van der Waals surface area contributed by atoms with Crippen molar-refractivity contribution in [2.45, 2.75) is 51.9 Å². The molecule has 1 amide bonds. The molecule has 128 valence electrons. The lowest BCUT2D eigenvalue weighted by Gasteiger charge is -2.30. The first kappa shape index (κ1) is 19.0. The molecule has 1 aromatic rings. The molecule has 1 atom stereocenters. The lowest BCUT2D eigenvalue weighted by molar-refractivity contribution is -0.139. The standard InChI is InChI=1S/C17H25NO5/c1-16(2,3)23-15(21)18-17(4,10-14(19)20)12-22-11-13-8-6-5-7-9-13/h5-9H,10-12H2,1-4H3,(H,18,21)(H,19,20). The molecule has 0 heterocycles. The SMILES string of the molecule is CC(COCc1ccccc1)(CC(=O)O)NC(=O)OC(C)(C)C. The summed E-state index contributed by atoms with van der Waals surface area (Å²) in [5.74, 6) is -1.02. The lowest BCUT2D eigenvalue weighted by Crippen LogP contribution is -2.52. The molecule has 0 spiro atoms. The van der Waals surface area contributed by atoms with Gasteiger partial charge in [-0.3, -0.25) is 4.79 Å². The average molecular weight is 323 g/mol. The van der Waals surface area contributed by atoms with Crippen molar-refractivity contribution in [3.63, 3.8) is 0 Å². The number of carboxylic acid groups (broad SMARTS) is 1. The molecular formula is C17H25NO5. The number of carbonyl (C=O) groups excluding carboxylic acids is 1. The van der Waals surface area contributed by atoms with Crippen molar-refractivity contribution in [3.05, 3.63) is 35.9 Å². The predicted octanol–water partition coefficient (Wildman–Crippen LogP) is 2.96. The summed E-state index contributed by atoms with van der Waals surface area (Å²) < 4.78 is 10.8. The van der Waals surface area contributed by atoms with E-state index in [0.29, 0.717) is 6.61 Å². The third-order valence-electron chi connectivity index (χ3n) is 2.88. The first-order chi connectivity index (χ1) is 10.6. The molecule has 0 fully saturated rings. The van der Waals surface area contributed by atoms with Gasteiger partial charge in [0.2, 0.25) is 0 Å². The van der Waals surface area contributed by atoms with Crippen LogP contribution in [0.5, 0.6) is 0 Å². The summed E-state index contributed by atoms with van der Waals surface area (Å²) in [5.41, 5.74) is -0.732. The normalized spacial score (nSPS) is 13.9. The molecule has 0 aliphatic carbocycles. The molecule has 23 heavy (non-hydrogen) atoms. The fourth-order valence-electron chi connectivity index (χ4n) is 1.98. The van der Waals surface area contributed by atoms with Crippen LogP contribution in [0.25, 0.3) is 0 Å². The van der Waals surface area contributed by atoms with Crippen LogP contribution >= 0.6 is 0 Å². The summed E-state index contributed by atoms with van der Waals surface area (Å²) >= 11 is 0. The Hall–Kier alpha value is -2.08. The van der Waals surface area contributed by atoms with Gasteiger partial charge in [-0.1, -0.05) is 30.3 Å². The highest BCUT2D eigenvalue weighted by Gasteiger charge is 2.32. The van der Waals surface area contributed by atoms with Crippen LogP contribution in [0.3, 0.4) is 0 Å². The van der Waals surface area contributed by atoms with Gasteiger partial charge in [-0.05, 0) is 33.3 Å². The molecule has 0 saturated carbocycles. The molecule has 0 aliphatic rings. The van der Waals surface area contributed by atoms with Gasteiger partial charge in [0.15, 0.2) is 0 Å². The minimum atomic E-state index is -1.05. The molecule has 0 aliphatic heterocycles.